The summed E-state index contributed by atoms with van der Waals surface area (Å²) in [6.45, 7) is 0.721. The van der Waals surface area contributed by atoms with E-state index in [4.69, 9.17) is 0 Å². The second-order valence-electron chi connectivity index (χ2n) is 6.59. The molecular formula is C17H21N5O2S. The number of aromatic nitrogens is 3. The highest BCUT2D eigenvalue weighted by atomic mass is 32.1. The molecule has 132 valence electrons. The van der Waals surface area contributed by atoms with Gasteiger partial charge < -0.3 is 5.32 Å². The van der Waals surface area contributed by atoms with Crippen LogP contribution in [0, 0.1) is 0 Å². The fourth-order valence-electron chi connectivity index (χ4n) is 3.56. The van der Waals surface area contributed by atoms with E-state index in [0.717, 1.165) is 31.6 Å². The highest BCUT2D eigenvalue weighted by molar-refractivity contribution is 7.14. The molecule has 2 aromatic rings. The van der Waals surface area contributed by atoms with E-state index < -0.39 is 0 Å². The van der Waals surface area contributed by atoms with Crippen molar-refractivity contribution in [2.45, 2.75) is 51.0 Å². The molecule has 1 aliphatic carbocycles. The van der Waals surface area contributed by atoms with E-state index >= 15 is 0 Å². The van der Waals surface area contributed by atoms with Gasteiger partial charge in [0.05, 0.1) is 24.4 Å². The van der Waals surface area contributed by atoms with E-state index in [0.29, 0.717) is 23.3 Å². The third kappa shape index (κ3) is 3.44. The molecule has 2 fully saturated rings. The van der Waals surface area contributed by atoms with Crippen LogP contribution in [0.4, 0.5) is 10.9 Å². The summed E-state index contributed by atoms with van der Waals surface area (Å²) in [6, 6.07) is 2.23. The fraction of sp³-hybridized carbons (Fsp3) is 0.529. The lowest BCUT2D eigenvalue weighted by Crippen LogP contribution is -2.23. The number of nitrogens with zero attached hydrogens (tertiary/aromatic N) is 4. The standard InChI is InChI=1S/C17H21N5O2S/c23-15(20-14-7-8-18-22(14)13-4-1-2-5-13)10-12-11-25-17(19-12)21-9-3-6-16(21)24/h7-8,11,13H,1-6,9-10H2,(H,20,23). The van der Waals surface area contributed by atoms with Gasteiger partial charge in [-0.05, 0) is 19.3 Å². The Bertz CT molecular complexity index is 778. The Labute approximate surface area is 150 Å². The van der Waals surface area contributed by atoms with Crippen molar-refractivity contribution in [3.05, 3.63) is 23.3 Å². The quantitative estimate of drug-likeness (QED) is 0.890. The van der Waals surface area contributed by atoms with Crippen LogP contribution in [0.5, 0.6) is 0 Å². The highest BCUT2D eigenvalue weighted by Gasteiger charge is 2.25. The molecule has 1 saturated carbocycles. The van der Waals surface area contributed by atoms with E-state index in [1.54, 1.807) is 11.1 Å². The molecule has 0 aromatic carbocycles. The molecule has 3 heterocycles. The van der Waals surface area contributed by atoms with Crippen molar-refractivity contribution < 1.29 is 9.59 Å². The first-order chi connectivity index (χ1) is 12.2. The monoisotopic (exact) mass is 359 g/mol. The van der Waals surface area contributed by atoms with Gasteiger partial charge in [-0.25, -0.2) is 9.67 Å². The number of nitrogens with one attached hydrogen (secondary N) is 1. The lowest BCUT2D eigenvalue weighted by Gasteiger charge is -2.14. The van der Waals surface area contributed by atoms with Crippen LogP contribution < -0.4 is 10.2 Å². The molecule has 1 aliphatic heterocycles. The SMILES string of the molecule is O=C(Cc1csc(N2CCCC2=O)n1)Nc1ccnn1C1CCCC1. The van der Waals surface area contributed by atoms with Crippen molar-refractivity contribution in [3.63, 3.8) is 0 Å². The topological polar surface area (TPSA) is 80.1 Å². The zero-order valence-corrected chi connectivity index (χ0v) is 14.8. The van der Waals surface area contributed by atoms with E-state index in [1.165, 1.54) is 24.2 Å². The van der Waals surface area contributed by atoms with Crippen LogP contribution >= 0.6 is 11.3 Å². The predicted octanol–water partition coefficient (Wildman–Crippen LogP) is 2.76. The lowest BCUT2D eigenvalue weighted by atomic mass is 10.2. The number of carbonyl (C=O) groups excluding carboxylic acids is 2. The maximum absolute atomic E-state index is 12.4. The Morgan fingerprint density at radius 1 is 1.32 bits per heavy atom. The summed E-state index contributed by atoms with van der Waals surface area (Å²) in [4.78, 5) is 30.3. The van der Waals surface area contributed by atoms with Gasteiger partial charge in [0.25, 0.3) is 0 Å². The smallest absolute Gasteiger partial charge is 0.231 e. The first-order valence-electron chi connectivity index (χ1n) is 8.79. The number of carbonyl (C=O) groups is 2. The van der Waals surface area contributed by atoms with Gasteiger partial charge in [0.2, 0.25) is 11.8 Å². The molecule has 2 amide bonds. The molecule has 0 atom stereocenters. The summed E-state index contributed by atoms with van der Waals surface area (Å²) < 4.78 is 1.93. The molecule has 4 rings (SSSR count). The van der Waals surface area contributed by atoms with E-state index in [2.05, 4.69) is 15.4 Å². The molecule has 0 bridgehead atoms. The molecule has 0 spiro atoms. The maximum atomic E-state index is 12.4. The molecule has 2 aromatic heterocycles. The van der Waals surface area contributed by atoms with Crippen LogP contribution in [0.2, 0.25) is 0 Å². The Hall–Kier alpha value is -2.22. The number of amides is 2. The van der Waals surface area contributed by atoms with E-state index in [1.807, 2.05) is 16.1 Å². The average Bonchev–Trinajstić information content (AvgIpc) is 3.33. The van der Waals surface area contributed by atoms with Crippen LogP contribution in [0.15, 0.2) is 17.6 Å². The molecule has 1 N–H and O–H groups in total. The van der Waals surface area contributed by atoms with Crippen LogP contribution in [0.3, 0.4) is 0 Å². The molecule has 1 saturated heterocycles. The minimum absolute atomic E-state index is 0.107. The van der Waals surface area contributed by atoms with Crippen molar-refractivity contribution in [1.82, 2.24) is 14.8 Å². The maximum Gasteiger partial charge on any atom is 0.231 e. The summed E-state index contributed by atoms with van der Waals surface area (Å²) >= 11 is 1.42. The zero-order valence-electron chi connectivity index (χ0n) is 14.0. The summed E-state index contributed by atoms with van der Waals surface area (Å²) in [5, 5.41) is 9.87. The van der Waals surface area contributed by atoms with Gasteiger partial charge in [-0.1, -0.05) is 12.8 Å². The Balaban J connectivity index is 1.39. The summed E-state index contributed by atoms with van der Waals surface area (Å²) in [5.74, 6) is 0.761. The molecule has 0 unspecified atom stereocenters. The Kier molecular flexibility index (Phi) is 4.52. The second-order valence-corrected chi connectivity index (χ2v) is 7.43. The highest BCUT2D eigenvalue weighted by Crippen LogP contribution is 2.31. The third-order valence-electron chi connectivity index (χ3n) is 4.79. The number of anilines is 2. The third-order valence-corrected chi connectivity index (χ3v) is 5.71. The minimum Gasteiger partial charge on any atom is -0.311 e. The van der Waals surface area contributed by atoms with Crippen molar-refractivity contribution >= 4 is 34.1 Å². The molecule has 2 aliphatic rings. The molecular weight excluding hydrogens is 338 g/mol. The zero-order chi connectivity index (χ0) is 17.2. The average molecular weight is 359 g/mol. The fourth-order valence-corrected chi connectivity index (χ4v) is 4.42. The van der Waals surface area contributed by atoms with Crippen molar-refractivity contribution in [2.75, 3.05) is 16.8 Å². The van der Waals surface area contributed by atoms with Gasteiger partial charge in [0, 0.05) is 24.4 Å². The van der Waals surface area contributed by atoms with Gasteiger partial charge in [-0.2, -0.15) is 5.10 Å². The summed E-state index contributed by atoms with van der Waals surface area (Å²) in [6.07, 6.45) is 8.05. The first-order valence-corrected chi connectivity index (χ1v) is 9.67. The van der Waals surface area contributed by atoms with Crippen LogP contribution in [-0.2, 0) is 16.0 Å². The van der Waals surface area contributed by atoms with Gasteiger partial charge in [0.1, 0.15) is 5.82 Å². The Morgan fingerprint density at radius 2 is 2.16 bits per heavy atom. The van der Waals surface area contributed by atoms with Gasteiger partial charge in [0.15, 0.2) is 5.13 Å². The molecule has 7 nitrogen and oxygen atoms in total. The van der Waals surface area contributed by atoms with Gasteiger partial charge in [-0.3, -0.25) is 14.5 Å². The lowest BCUT2D eigenvalue weighted by molar-refractivity contribution is -0.117. The van der Waals surface area contributed by atoms with E-state index in [9.17, 15) is 9.59 Å². The summed E-state index contributed by atoms with van der Waals surface area (Å²) in [5.41, 5.74) is 0.698. The number of hydrogen-bond donors (Lipinski definition) is 1. The normalized spacial score (nSPS) is 18.2. The largest absolute Gasteiger partial charge is 0.311 e. The van der Waals surface area contributed by atoms with Gasteiger partial charge in [-0.15, -0.1) is 11.3 Å². The predicted molar refractivity (Wildman–Crippen MR) is 95.8 cm³/mol. The van der Waals surface area contributed by atoms with Crippen molar-refractivity contribution in [2.24, 2.45) is 0 Å². The van der Waals surface area contributed by atoms with Crippen LogP contribution in [0.1, 0.15) is 50.3 Å². The Morgan fingerprint density at radius 3 is 2.92 bits per heavy atom. The number of rotatable bonds is 5. The second kappa shape index (κ2) is 6.95. The first kappa shape index (κ1) is 16.3. The van der Waals surface area contributed by atoms with Crippen LogP contribution in [-0.4, -0.2) is 33.1 Å². The minimum atomic E-state index is -0.107. The van der Waals surface area contributed by atoms with Gasteiger partial charge >= 0.3 is 0 Å². The molecule has 0 radical (unpaired) electrons. The molecule has 8 heteroatoms. The van der Waals surface area contributed by atoms with Crippen molar-refractivity contribution in [1.29, 1.82) is 0 Å². The molecule has 25 heavy (non-hydrogen) atoms. The number of thiazole rings is 1. The van der Waals surface area contributed by atoms with Crippen LogP contribution in [0.25, 0.3) is 0 Å². The van der Waals surface area contributed by atoms with E-state index in [-0.39, 0.29) is 18.2 Å². The number of hydrogen-bond acceptors (Lipinski definition) is 5. The summed E-state index contributed by atoms with van der Waals surface area (Å²) in [7, 11) is 0. The van der Waals surface area contributed by atoms with Crippen molar-refractivity contribution in [3.8, 4) is 0 Å².